The molecule has 3 heteroatoms. The van der Waals surface area contributed by atoms with Crippen LogP contribution in [0.1, 0.15) is 31.3 Å². The molecular weight excluding hydrogens is 216 g/mol. The van der Waals surface area contributed by atoms with Crippen LogP contribution in [0.25, 0.3) is 6.08 Å². The first kappa shape index (κ1) is 9.52. The van der Waals surface area contributed by atoms with E-state index in [-0.39, 0.29) is 0 Å². The van der Waals surface area contributed by atoms with Crippen molar-refractivity contribution >= 4 is 22.0 Å². The van der Waals surface area contributed by atoms with Gasteiger partial charge in [-0.25, -0.2) is 4.98 Å². The van der Waals surface area contributed by atoms with Crippen molar-refractivity contribution in [2.24, 2.45) is 0 Å². The van der Waals surface area contributed by atoms with Gasteiger partial charge < -0.3 is 4.98 Å². The third-order valence-electron chi connectivity index (χ3n) is 1.65. The third-order valence-corrected chi connectivity index (χ3v) is 1.92. The summed E-state index contributed by atoms with van der Waals surface area (Å²) < 4.78 is 0. The van der Waals surface area contributed by atoms with E-state index in [2.05, 4.69) is 32.8 Å². The molecule has 0 bridgehead atoms. The van der Waals surface area contributed by atoms with E-state index in [0.29, 0.717) is 0 Å². The minimum absolute atomic E-state index is 0.984. The monoisotopic (exact) mass is 228 g/mol. The van der Waals surface area contributed by atoms with Crippen LogP contribution in [0.2, 0.25) is 0 Å². The second-order valence-corrected chi connectivity index (χ2v) is 3.20. The molecule has 0 saturated carbocycles. The van der Waals surface area contributed by atoms with E-state index < -0.39 is 0 Å². The quantitative estimate of drug-likeness (QED) is 0.844. The zero-order valence-electron chi connectivity index (χ0n) is 7.18. The average molecular weight is 229 g/mol. The van der Waals surface area contributed by atoms with Gasteiger partial charge in [-0.3, -0.25) is 0 Å². The largest absolute Gasteiger partial charge is 0.348 e. The zero-order valence-corrected chi connectivity index (χ0v) is 8.76. The smallest absolute Gasteiger partial charge is 0.106 e. The lowest BCUT2D eigenvalue weighted by atomic mass is 10.2. The number of aryl methyl sites for hydroxylation is 1. The maximum Gasteiger partial charge on any atom is 0.106 e. The molecule has 1 N–H and O–H groups in total. The van der Waals surface area contributed by atoms with E-state index in [1.807, 2.05) is 17.3 Å². The van der Waals surface area contributed by atoms with Crippen LogP contribution in [0.5, 0.6) is 0 Å². The number of hydrogen-bond acceptors (Lipinski definition) is 1. The first-order chi connectivity index (χ1) is 5.86. The number of nitrogens with zero attached hydrogens (tertiary/aromatic N) is 1. The van der Waals surface area contributed by atoms with Gasteiger partial charge in [0.15, 0.2) is 0 Å². The molecule has 1 aromatic rings. The number of nitrogens with one attached hydrogen (secondary N) is 1. The lowest BCUT2D eigenvalue weighted by Gasteiger charge is -1.90. The lowest BCUT2D eigenvalue weighted by Crippen LogP contribution is -1.86. The Balaban J connectivity index is 2.52. The van der Waals surface area contributed by atoms with Gasteiger partial charge in [0.25, 0.3) is 0 Å². The van der Waals surface area contributed by atoms with Crippen LogP contribution < -0.4 is 0 Å². The number of hydrogen-bond donors (Lipinski definition) is 1. The Morgan fingerprint density at radius 3 is 3.17 bits per heavy atom. The molecule has 1 rings (SSSR count). The van der Waals surface area contributed by atoms with Crippen molar-refractivity contribution in [1.29, 1.82) is 0 Å². The average Bonchev–Trinajstić information content (AvgIpc) is 2.50. The molecule has 0 atom stereocenters. The summed E-state index contributed by atoms with van der Waals surface area (Å²) in [5.74, 6) is 1.08. The highest BCUT2D eigenvalue weighted by atomic mass is 79.9. The Labute approximate surface area is 81.2 Å². The van der Waals surface area contributed by atoms with Gasteiger partial charge in [-0.15, -0.1) is 0 Å². The number of H-pyrrole nitrogens is 1. The van der Waals surface area contributed by atoms with Crippen molar-refractivity contribution in [3.8, 4) is 0 Å². The summed E-state index contributed by atoms with van der Waals surface area (Å²) in [7, 11) is 0. The Hall–Kier alpha value is -0.570. The fraction of sp³-hybridized carbons (Fsp3) is 0.444. The summed E-state index contributed by atoms with van der Waals surface area (Å²) in [6.45, 7) is 2.18. The number of aromatic amines is 1. The summed E-state index contributed by atoms with van der Waals surface area (Å²) in [5, 5.41) is 0. The molecule has 66 valence electrons. The van der Waals surface area contributed by atoms with Gasteiger partial charge in [0.05, 0.1) is 5.69 Å². The second-order valence-electron chi connectivity index (χ2n) is 2.67. The number of unbranched alkanes of at least 4 members (excludes halogenated alkanes) is 1. The number of rotatable bonds is 4. The van der Waals surface area contributed by atoms with Gasteiger partial charge in [-0.2, -0.15) is 0 Å². The van der Waals surface area contributed by atoms with E-state index in [0.717, 1.165) is 17.9 Å². The normalized spacial score (nSPS) is 11.2. The standard InChI is InChI=1S/C9H13BrN2/c1-2-3-4-9-11-7-8(12-9)5-6-10/h5-7H,2-4H2,1H3,(H,11,12). The van der Waals surface area contributed by atoms with Crippen LogP contribution in [-0.4, -0.2) is 9.97 Å². The topological polar surface area (TPSA) is 28.7 Å². The van der Waals surface area contributed by atoms with E-state index in [4.69, 9.17) is 0 Å². The van der Waals surface area contributed by atoms with Crippen molar-refractivity contribution in [2.45, 2.75) is 26.2 Å². The summed E-state index contributed by atoms with van der Waals surface area (Å²) >= 11 is 3.21. The van der Waals surface area contributed by atoms with Crippen molar-refractivity contribution in [3.05, 3.63) is 22.7 Å². The molecule has 0 spiro atoms. The highest BCUT2D eigenvalue weighted by molar-refractivity contribution is 9.11. The van der Waals surface area contributed by atoms with E-state index in [1.54, 1.807) is 0 Å². The highest BCUT2D eigenvalue weighted by Gasteiger charge is 1.96. The Morgan fingerprint density at radius 2 is 2.50 bits per heavy atom. The molecule has 2 nitrogen and oxygen atoms in total. The molecule has 0 radical (unpaired) electrons. The molecule has 0 saturated heterocycles. The highest BCUT2D eigenvalue weighted by Crippen LogP contribution is 2.04. The van der Waals surface area contributed by atoms with Crippen molar-refractivity contribution < 1.29 is 0 Å². The molecule has 1 aromatic heterocycles. The van der Waals surface area contributed by atoms with Gasteiger partial charge in [0.2, 0.25) is 0 Å². The SMILES string of the molecule is CCCCc1nc(C=CBr)c[nH]1. The molecule has 0 aromatic carbocycles. The zero-order chi connectivity index (χ0) is 8.81. The Bertz CT molecular complexity index is 253. The van der Waals surface area contributed by atoms with Gasteiger partial charge in [0, 0.05) is 12.6 Å². The van der Waals surface area contributed by atoms with Gasteiger partial charge >= 0.3 is 0 Å². The molecule has 0 aliphatic heterocycles. The summed E-state index contributed by atoms with van der Waals surface area (Å²) in [6, 6.07) is 0. The molecule has 0 fully saturated rings. The van der Waals surface area contributed by atoms with Crippen LogP contribution in [0, 0.1) is 0 Å². The van der Waals surface area contributed by atoms with Gasteiger partial charge in [-0.05, 0) is 17.5 Å². The van der Waals surface area contributed by atoms with Crippen molar-refractivity contribution in [1.82, 2.24) is 9.97 Å². The minimum Gasteiger partial charge on any atom is -0.348 e. The molecule has 0 aliphatic carbocycles. The van der Waals surface area contributed by atoms with Gasteiger partial charge in [0.1, 0.15) is 5.82 Å². The fourth-order valence-electron chi connectivity index (χ4n) is 1.000. The summed E-state index contributed by atoms with van der Waals surface area (Å²) in [4.78, 5) is 9.32. The Kier molecular flexibility index (Phi) is 4.08. The molecule has 0 aliphatic rings. The molecular formula is C9H13BrN2. The first-order valence-corrected chi connectivity index (χ1v) is 5.09. The summed E-state index contributed by atoms with van der Waals surface area (Å²) in [6.07, 6.45) is 7.30. The molecule has 12 heavy (non-hydrogen) atoms. The van der Waals surface area contributed by atoms with Crippen LogP contribution >= 0.6 is 15.9 Å². The lowest BCUT2D eigenvalue weighted by molar-refractivity contribution is 0.762. The fourth-order valence-corrected chi connectivity index (χ4v) is 1.27. The van der Waals surface area contributed by atoms with E-state index in [9.17, 15) is 0 Å². The third kappa shape index (κ3) is 2.81. The van der Waals surface area contributed by atoms with E-state index in [1.165, 1.54) is 12.8 Å². The van der Waals surface area contributed by atoms with Crippen LogP contribution in [-0.2, 0) is 6.42 Å². The van der Waals surface area contributed by atoms with Gasteiger partial charge in [-0.1, -0.05) is 29.3 Å². The number of aromatic nitrogens is 2. The molecule has 0 amide bonds. The molecule has 0 unspecified atom stereocenters. The number of halogens is 1. The maximum atomic E-state index is 4.37. The molecule has 1 heterocycles. The number of imidazole rings is 1. The maximum absolute atomic E-state index is 4.37. The van der Waals surface area contributed by atoms with Crippen molar-refractivity contribution in [2.75, 3.05) is 0 Å². The predicted octanol–water partition coefficient (Wildman–Crippen LogP) is 3.12. The minimum atomic E-state index is 0.984. The van der Waals surface area contributed by atoms with Crippen LogP contribution in [0.15, 0.2) is 11.2 Å². The van der Waals surface area contributed by atoms with Crippen LogP contribution in [0.3, 0.4) is 0 Å². The first-order valence-electron chi connectivity index (χ1n) is 4.18. The predicted molar refractivity (Wildman–Crippen MR) is 55.2 cm³/mol. The van der Waals surface area contributed by atoms with Crippen LogP contribution in [0.4, 0.5) is 0 Å². The van der Waals surface area contributed by atoms with E-state index >= 15 is 0 Å². The van der Waals surface area contributed by atoms with Crippen molar-refractivity contribution in [3.63, 3.8) is 0 Å². The Morgan fingerprint density at radius 1 is 1.67 bits per heavy atom. The second kappa shape index (κ2) is 5.14. The summed E-state index contributed by atoms with van der Waals surface area (Å²) in [5.41, 5.74) is 0.984.